The molecule has 0 aliphatic rings. The fourth-order valence-corrected chi connectivity index (χ4v) is 4.49. The van der Waals surface area contributed by atoms with Crippen molar-refractivity contribution in [2.45, 2.75) is 17.4 Å². The fraction of sp³-hybridized carbons (Fsp3) is 0.455. The lowest BCUT2D eigenvalue weighted by atomic mass is 10.2. The van der Waals surface area contributed by atoms with E-state index in [1.165, 1.54) is 0 Å². The zero-order valence-electron chi connectivity index (χ0n) is 11.1. The quantitative estimate of drug-likeness (QED) is 0.545. The molecule has 108 valence electrons. The van der Waals surface area contributed by atoms with Crippen LogP contribution in [0, 0.1) is 0 Å². The Balaban J connectivity index is 2.74. The van der Waals surface area contributed by atoms with Gasteiger partial charge in [0.2, 0.25) is 8.27 Å². The highest BCUT2D eigenvalue weighted by Crippen LogP contribution is 2.20. The van der Waals surface area contributed by atoms with Gasteiger partial charge in [-0.25, -0.2) is 8.42 Å². The first-order valence-corrected chi connectivity index (χ1v) is 10.8. The minimum absolute atomic E-state index is 0.241. The van der Waals surface area contributed by atoms with Crippen LogP contribution in [0.25, 0.3) is 0 Å². The first kappa shape index (κ1) is 16.8. The van der Waals surface area contributed by atoms with E-state index in [4.69, 9.17) is 13.3 Å². The summed E-state index contributed by atoms with van der Waals surface area (Å²) < 4.78 is 38.5. The zero-order chi connectivity index (χ0) is 14.5. The van der Waals surface area contributed by atoms with Crippen molar-refractivity contribution >= 4 is 31.9 Å². The van der Waals surface area contributed by atoms with Gasteiger partial charge in [-0.15, -0.1) is 0 Å². The number of benzene rings is 1. The van der Waals surface area contributed by atoms with Crippen LogP contribution in [0.4, 0.5) is 0 Å². The van der Waals surface area contributed by atoms with Crippen LogP contribution in [0.2, 0.25) is 6.04 Å². The third-order valence-corrected chi connectivity index (χ3v) is 7.54. The monoisotopic (exact) mass is 368 g/mol. The van der Waals surface area contributed by atoms with Crippen LogP contribution in [0.1, 0.15) is 5.56 Å². The maximum absolute atomic E-state index is 11.3. The van der Waals surface area contributed by atoms with Crippen molar-refractivity contribution in [2.75, 3.05) is 21.3 Å². The van der Waals surface area contributed by atoms with E-state index >= 15 is 0 Å². The minimum Gasteiger partial charge on any atom is -0.377 e. The van der Waals surface area contributed by atoms with Gasteiger partial charge in [0, 0.05) is 27.4 Å². The lowest BCUT2D eigenvalue weighted by molar-refractivity contribution is 0.123. The summed E-state index contributed by atoms with van der Waals surface area (Å²) in [5.41, 5.74) is 1.00. The molecule has 0 aliphatic heterocycles. The third kappa shape index (κ3) is 4.65. The average molecular weight is 369 g/mol. The standard InChI is InChI=1S/C11H17BrO5SSi/c1-15-19(16-2,17-3)9-8-10-4-6-11(7-5-10)18(12,13)14/h4-7H,8-9H2,1-3H3. The first-order valence-electron chi connectivity index (χ1n) is 5.56. The van der Waals surface area contributed by atoms with Gasteiger partial charge in [-0.1, -0.05) is 12.1 Å². The van der Waals surface area contributed by atoms with Crippen LogP contribution in [0.5, 0.6) is 0 Å². The zero-order valence-corrected chi connectivity index (χ0v) is 14.5. The van der Waals surface area contributed by atoms with Gasteiger partial charge in [0.05, 0.1) is 19.7 Å². The predicted octanol–water partition coefficient (Wildman–Crippen LogP) is 2.19. The van der Waals surface area contributed by atoms with Gasteiger partial charge in [0.25, 0.3) is 0 Å². The van der Waals surface area contributed by atoms with Crippen molar-refractivity contribution in [1.29, 1.82) is 0 Å². The van der Waals surface area contributed by atoms with E-state index in [0.29, 0.717) is 12.5 Å². The third-order valence-electron chi connectivity index (χ3n) is 2.86. The van der Waals surface area contributed by atoms with E-state index < -0.39 is 17.1 Å². The van der Waals surface area contributed by atoms with Gasteiger partial charge < -0.3 is 13.3 Å². The summed E-state index contributed by atoms with van der Waals surface area (Å²) in [7, 11) is -1.20. The molecule has 0 aliphatic carbocycles. The molecule has 0 saturated heterocycles. The highest BCUT2D eigenvalue weighted by Gasteiger charge is 2.37. The molecule has 0 N–H and O–H groups in total. The van der Waals surface area contributed by atoms with E-state index in [1.54, 1.807) is 45.6 Å². The largest absolute Gasteiger partial charge is 0.500 e. The number of halogens is 1. The Kier molecular flexibility index (Phi) is 6.15. The van der Waals surface area contributed by atoms with Crippen LogP contribution in [-0.2, 0) is 28.0 Å². The first-order chi connectivity index (χ1) is 8.87. The van der Waals surface area contributed by atoms with Crippen molar-refractivity contribution in [3.8, 4) is 0 Å². The van der Waals surface area contributed by atoms with Crippen molar-refractivity contribution in [1.82, 2.24) is 0 Å². The topological polar surface area (TPSA) is 61.8 Å². The molecule has 0 spiro atoms. The van der Waals surface area contributed by atoms with E-state index in [2.05, 4.69) is 14.8 Å². The van der Waals surface area contributed by atoms with Crippen molar-refractivity contribution < 1.29 is 21.7 Å². The molecule has 0 unspecified atom stereocenters. The lowest BCUT2D eigenvalue weighted by Gasteiger charge is -2.24. The Hall–Kier alpha value is -0.253. The molecule has 0 bridgehead atoms. The normalized spacial score (nSPS) is 12.6. The Morgan fingerprint density at radius 3 is 1.89 bits per heavy atom. The lowest BCUT2D eigenvalue weighted by Crippen LogP contribution is -2.43. The van der Waals surface area contributed by atoms with Crippen LogP contribution >= 0.6 is 14.8 Å². The van der Waals surface area contributed by atoms with Gasteiger partial charge in [0.15, 0.2) is 0 Å². The van der Waals surface area contributed by atoms with E-state index in [9.17, 15) is 8.42 Å². The molecule has 8 heteroatoms. The van der Waals surface area contributed by atoms with E-state index in [-0.39, 0.29) is 4.90 Å². The number of aryl methyl sites for hydroxylation is 1. The van der Waals surface area contributed by atoms with Crippen molar-refractivity contribution in [3.05, 3.63) is 29.8 Å². The summed E-state index contributed by atoms with van der Waals surface area (Å²) >= 11 is 2.63. The molecule has 1 aromatic carbocycles. The molecule has 0 saturated carbocycles. The number of hydrogen-bond donors (Lipinski definition) is 0. The highest BCUT2D eigenvalue weighted by atomic mass is 79.9. The van der Waals surface area contributed by atoms with E-state index in [0.717, 1.165) is 5.56 Å². The van der Waals surface area contributed by atoms with Crippen LogP contribution in [0.3, 0.4) is 0 Å². The Bertz CT molecular complexity index is 490. The molecule has 0 atom stereocenters. The Labute approximate surface area is 122 Å². The fourth-order valence-electron chi connectivity index (χ4n) is 1.67. The minimum atomic E-state index is -3.33. The maximum atomic E-state index is 11.3. The molecule has 1 rings (SSSR count). The molecule has 0 radical (unpaired) electrons. The Morgan fingerprint density at radius 1 is 1.05 bits per heavy atom. The smallest absolute Gasteiger partial charge is 0.377 e. The van der Waals surface area contributed by atoms with Crippen LogP contribution in [0.15, 0.2) is 29.2 Å². The molecule has 0 heterocycles. The van der Waals surface area contributed by atoms with Crippen molar-refractivity contribution in [3.63, 3.8) is 0 Å². The molecular weight excluding hydrogens is 352 g/mol. The summed E-state index contributed by atoms with van der Waals surface area (Å²) in [5, 5.41) is 0. The predicted molar refractivity (Wildman–Crippen MR) is 77.8 cm³/mol. The number of hydrogen-bond acceptors (Lipinski definition) is 5. The molecule has 1 aromatic rings. The molecule has 5 nitrogen and oxygen atoms in total. The number of rotatable bonds is 7. The van der Waals surface area contributed by atoms with Gasteiger partial charge in [-0.05, 0) is 24.1 Å². The second-order valence-corrected chi connectivity index (χ2v) is 10.9. The molecule has 0 fully saturated rings. The summed E-state index contributed by atoms with van der Waals surface area (Å²) in [6.45, 7) is 0. The summed E-state index contributed by atoms with van der Waals surface area (Å²) in [5.74, 6) is 0. The van der Waals surface area contributed by atoms with Crippen LogP contribution < -0.4 is 0 Å². The second kappa shape index (κ2) is 6.96. The van der Waals surface area contributed by atoms with Gasteiger partial charge >= 0.3 is 8.80 Å². The molecule has 0 amide bonds. The van der Waals surface area contributed by atoms with Crippen molar-refractivity contribution in [2.24, 2.45) is 0 Å². The van der Waals surface area contributed by atoms with Gasteiger partial charge in [-0.3, -0.25) is 0 Å². The summed E-state index contributed by atoms with van der Waals surface area (Å²) in [4.78, 5) is 0.241. The summed E-state index contributed by atoms with van der Waals surface area (Å²) in [6, 6.07) is 7.31. The average Bonchev–Trinajstić information content (AvgIpc) is 2.40. The van der Waals surface area contributed by atoms with E-state index in [1.807, 2.05) is 0 Å². The van der Waals surface area contributed by atoms with Gasteiger partial charge in [-0.2, -0.15) is 0 Å². The molecule has 19 heavy (non-hydrogen) atoms. The van der Waals surface area contributed by atoms with Gasteiger partial charge in [0.1, 0.15) is 0 Å². The maximum Gasteiger partial charge on any atom is 0.500 e. The second-order valence-electron chi connectivity index (χ2n) is 3.88. The highest BCUT2D eigenvalue weighted by molar-refractivity contribution is 9.47. The summed E-state index contributed by atoms with van der Waals surface area (Å²) in [6.07, 6.45) is 0.699. The Morgan fingerprint density at radius 2 is 1.53 bits per heavy atom. The SMILES string of the molecule is CO[Si](CCc1ccc(S(=O)(=O)Br)cc1)(OC)OC. The van der Waals surface area contributed by atoms with Crippen LogP contribution in [-0.4, -0.2) is 38.6 Å². The molecular formula is C11H17BrO5SSi. The molecule has 0 aromatic heterocycles.